The monoisotopic (exact) mass is 765 g/mol. The van der Waals surface area contributed by atoms with Gasteiger partial charge >= 0.3 is 0 Å². The number of hydrogen-bond donors (Lipinski definition) is 0. The van der Waals surface area contributed by atoms with E-state index in [1.165, 1.54) is 22.3 Å². The summed E-state index contributed by atoms with van der Waals surface area (Å²) in [6.07, 6.45) is 1.61. The Kier molecular flexibility index (Phi) is 9.97. The third kappa shape index (κ3) is 7.56. The van der Waals surface area contributed by atoms with Crippen LogP contribution in [-0.2, 0) is 0 Å². The van der Waals surface area contributed by atoms with Crippen molar-refractivity contribution in [3.63, 3.8) is 0 Å². The molecule has 1 heterocycles. The van der Waals surface area contributed by atoms with E-state index in [2.05, 4.69) is 205 Å². The fourth-order valence-electron chi connectivity index (χ4n) is 8.04. The Balaban J connectivity index is 1.21. The summed E-state index contributed by atoms with van der Waals surface area (Å²) < 4.78 is 0. The molecular weight excluding hydrogens is 727 g/mol. The van der Waals surface area contributed by atoms with Gasteiger partial charge in [-0.05, 0) is 120 Å². The molecule has 0 aliphatic heterocycles. The van der Waals surface area contributed by atoms with Crippen LogP contribution in [-0.4, -0.2) is 15.0 Å². The molecule has 3 heteroatoms. The van der Waals surface area contributed by atoms with Crippen LogP contribution in [0.15, 0.2) is 237 Å². The van der Waals surface area contributed by atoms with Crippen LogP contribution >= 0.6 is 0 Å². The van der Waals surface area contributed by atoms with E-state index < -0.39 is 0 Å². The van der Waals surface area contributed by atoms with Crippen molar-refractivity contribution in [2.75, 3.05) is 0 Å². The molecule has 0 bridgehead atoms. The number of aromatic nitrogens is 3. The molecule has 9 aromatic carbocycles. The highest BCUT2D eigenvalue weighted by Crippen LogP contribution is 2.44. The SMILES string of the molecule is c1ccc(-c2cc(-c3ccccc3)cc(-c3ccccc3-c3ccc(-c4ncnc(-c5ccccc5)n4)cc3-c3cc(-c4ccccc4)cc(-c4ccccc4)c3)c2)cc1. The van der Waals surface area contributed by atoms with Gasteiger partial charge < -0.3 is 0 Å². The molecule has 3 nitrogen and oxygen atoms in total. The Labute approximate surface area is 351 Å². The first-order chi connectivity index (χ1) is 29.7. The fraction of sp³-hybridized carbons (Fsp3) is 0. The average Bonchev–Trinajstić information content (AvgIpc) is 3.35. The number of hydrogen-bond acceptors (Lipinski definition) is 3. The average molecular weight is 766 g/mol. The largest absolute Gasteiger partial charge is 0.217 e. The maximum absolute atomic E-state index is 5.00. The quantitative estimate of drug-likeness (QED) is 0.147. The summed E-state index contributed by atoms with van der Waals surface area (Å²) in [6, 6.07) is 82.0. The van der Waals surface area contributed by atoms with E-state index in [-0.39, 0.29) is 0 Å². The summed E-state index contributed by atoms with van der Waals surface area (Å²) in [7, 11) is 0. The molecule has 0 unspecified atom stereocenters. The van der Waals surface area contributed by atoms with Crippen molar-refractivity contribution < 1.29 is 0 Å². The molecule has 0 saturated heterocycles. The molecule has 60 heavy (non-hydrogen) atoms. The van der Waals surface area contributed by atoms with E-state index in [1.807, 2.05) is 30.3 Å². The number of nitrogens with zero attached hydrogens (tertiary/aromatic N) is 3. The topological polar surface area (TPSA) is 38.7 Å². The number of rotatable bonds is 9. The predicted octanol–water partition coefficient (Wildman–Crippen LogP) is 14.9. The highest BCUT2D eigenvalue weighted by Gasteiger charge is 2.18. The van der Waals surface area contributed by atoms with Crippen molar-refractivity contribution in [1.82, 2.24) is 15.0 Å². The molecule has 0 spiro atoms. The van der Waals surface area contributed by atoms with Gasteiger partial charge in [-0.25, -0.2) is 15.0 Å². The molecule has 0 aliphatic carbocycles. The van der Waals surface area contributed by atoms with Crippen LogP contribution in [0.4, 0.5) is 0 Å². The van der Waals surface area contributed by atoms with Crippen molar-refractivity contribution in [1.29, 1.82) is 0 Å². The van der Waals surface area contributed by atoms with Gasteiger partial charge in [0.15, 0.2) is 11.6 Å². The summed E-state index contributed by atoms with van der Waals surface area (Å²) in [5.41, 5.74) is 17.9. The van der Waals surface area contributed by atoms with Crippen molar-refractivity contribution in [3.05, 3.63) is 237 Å². The van der Waals surface area contributed by atoms with Gasteiger partial charge in [-0.1, -0.05) is 188 Å². The molecule has 0 fully saturated rings. The molecule has 1 aromatic heterocycles. The molecular formula is C57H39N3. The Bertz CT molecular complexity index is 2940. The zero-order valence-corrected chi connectivity index (χ0v) is 32.9. The smallest absolute Gasteiger partial charge is 0.163 e. The summed E-state index contributed by atoms with van der Waals surface area (Å²) >= 11 is 0. The van der Waals surface area contributed by atoms with Gasteiger partial charge in [0.1, 0.15) is 6.33 Å². The van der Waals surface area contributed by atoms with Gasteiger partial charge in [0.05, 0.1) is 0 Å². The van der Waals surface area contributed by atoms with Crippen LogP contribution in [0.5, 0.6) is 0 Å². The Morgan fingerprint density at radius 3 is 0.983 bits per heavy atom. The van der Waals surface area contributed by atoms with E-state index in [1.54, 1.807) is 6.33 Å². The zero-order valence-electron chi connectivity index (χ0n) is 32.9. The molecule has 0 saturated carbocycles. The molecule has 282 valence electrons. The number of benzene rings is 9. The molecule has 0 atom stereocenters. The summed E-state index contributed by atoms with van der Waals surface area (Å²) in [5, 5.41) is 0. The Morgan fingerprint density at radius 1 is 0.200 bits per heavy atom. The van der Waals surface area contributed by atoms with Gasteiger partial charge in [0.25, 0.3) is 0 Å². The normalized spacial score (nSPS) is 11.0. The van der Waals surface area contributed by atoms with E-state index in [0.717, 1.165) is 66.8 Å². The van der Waals surface area contributed by atoms with E-state index >= 15 is 0 Å². The summed E-state index contributed by atoms with van der Waals surface area (Å²) in [6.45, 7) is 0. The molecule has 0 radical (unpaired) electrons. The lowest BCUT2D eigenvalue weighted by Crippen LogP contribution is -1.97. The summed E-state index contributed by atoms with van der Waals surface area (Å²) in [5.74, 6) is 1.26. The van der Waals surface area contributed by atoms with Crippen LogP contribution in [0.3, 0.4) is 0 Å². The first kappa shape index (κ1) is 36.3. The van der Waals surface area contributed by atoms with Crippen molar-refractivity contribution >= 4 is 0 Å². The van der Waals surface area contributed by atoms with Crippen LogP contribution < -0.4 is 0 Å². The zero-order chi connectivity index (χ0) is 40.1. The van der Waals surface area contributed by atoms with E-state index in [4.69, 9.17) is 9.97 Å². The second-order valence-electron chi connectivity index (χ2n) is 14.9. The van der Waals surface area contributed by atoms with Crippen molar-refractivity contribution in [2.24, 2.45) is 0 Å². The minimum absolute atomic E-state index is 0.621. The van der Waals surface area contributed by atoms with Crippen LogP contribution in [0.2, 0.25) is 0 Å². The Hall–Kier alpha value is -8.01. The highest BCUT2D eigenvalue weighted by molar-refractivity contribution is 5.96. The van der Waals surface area contributed by atoms with Crippen LogP contribution in [0.1, 0.15) is 0 Å². The van der Waals surface area contributed by atoms with Gasteiger partial charge in [0.2, 0.25) is 0 Å². The first-order valence-corrected chi connectivity index (χ1v) is 20.2. The van der Waals surface area contributed by atoms with E-state index in [0.29, 0.717) is 11.6 Å². The maximum atomic E-state index is 5.00. The second-order valence-corrected chi connectivity index (χ2v) is 14.9. The molecule has 10 rings (SSSR count). The fourth-order valence-corrected chi connectivity index (χ4v) is 8.04. The van der Waals surface area contributed by atoms with Crippen molar-refractivity contribution in [2.45, 2.75) is 0 Å². The van der Waals surface area contributed by atoms with Gasteiger partial charge in [-0.2, -0.15) is 0 Å². The Morgan fingerprint density at radius 2 is 0.533 bits per heavy atom. The minimum Gasteiger partial charge on any atom is -0.217 e. The molecule has 0 aliphatic rings. The van der Waals surface area contributed by atoms with E-state index in [9.17, 15) is 0 Å². The lowest BCUT2D eigenvalue weighted by molar-refractivity contribution is 1.07. The lowest BCUT2D eigenvalue weighted by atomic mass is 9.85. The minimum atomic E-state index is 0.621. The third-order valence-corrected chi connectivity index (χ3v) is 11.0. The molecule has 0 amide bonds. The summed E-state index contributed by atoms with van der Waals surface area (Å²) in [4.78, 5) is 14.3. The third-order valence-electron chi connectivity index (χ3n) is 11.0. The lowest BCUT2D eigenvalue weighted by Gasteiger charge is -2.19. The first-order valence-electron chi connectivity index (χ1n) is 20.2. The highest BCUT2D eigenvalue weighted by atomic mass is 15.0. The maximum Gasteiger partial charge on any atom is 0.163 e. The van der Waals surface area contributed by atoms with Crippen molar-refractivity contribution in [3.8, 4) is 101 Å². The predicted molar refractivity (Wildman–Crippen MR) is 249 cm³/mol. The van der Waals surface area contributed by atoms with Gasteiger partial charge in [-0.15, -0.1) is 0 Å². The second kappa shape index (κ2) is 16.5. The standard InChI is InChI=1S/C57H39N3/c1-6-18-40(19-7-1)46-32-47(41-20-8-2-9-21-41)35-50(34-46)52-28-16-17-29-53(52)54-31-30-45(57-59-39-58-56(60-57)44-26-14-5-15-27-44)38-55(54)51-36-48(42-22-10-3-11-23-42)33-49(37-51)43-24-12-4-13-25-43/h1-39H. The van der Waals surface area contributed by atoms with Gasteiger partial charge in [-0.3, -0.25) is 0 Å². The molecule has 10 aromatic rings. The van der Waals surface area contributed by atoms with Crippen LogP contribution in [0.25, 0.3) is 101 Å². The molecule has 0 N–H and O–H groups in total. The van der Waals surface area contributed by atoms with Gasteiger partial charge in [0, 0.05) is 11.1 Å². The van der Waals surface area contributed by atoms with Crippen LogP contribution in [0, 0.1) is 0 Å².